The van der Waals surface area contributed by atoms with E-state index < -0.39 is 5.97 Å². The molecule has 1 aromatic carbocycles. The van der Waals surface area contributed by atoms with Gasteiger partial charge in [-0.05, 0) is 101 Å². The van der Waals surface area contributed by atoms with Crippen molar-refractivity contribution in [1.29, 1.82) is 0 Å². The molecular weight excluding hydrogens is 605 g/mol. The summed E-state index contributed by atoms with van der Waals surface area (Å²) in [7, 11) is 1.97. The molecule has 0 amide bonds. The van der Waals surface area contributed by atoms with Gasteiger partial charge in [0.15, 0.2) is 0 Å². The SMILES string of the molecule is CC[C@@H](NCc1nc2c(c(N[C@@H](CN3[C@@H]4CCC[C@@H]3CC4)c3cnn(C)c3)n1)C[C@H](c1ccccc1F)CC2)C1CCC(C(=O)O)CC1. The molecule has 2 saturated heterocycles. The van der Waals surface area contributed by atoms with E-state index in [9.17, 15) is 9.90 Å². The third-order valence-electron chi connectivity index (χ3n) is 12.0. The summed E-state index contributed by atoms with van der Waals surface area (Å²) >= 11 is 0. The Hall–Kier alpha value is -3.37. The number of hydrogen-bond acceptors (Lipinski definition) is 7. The van der Waals surface area contributed by atoms with Crippen LogP contribution in [-0.4, -0.2) is 60.4 Å². The second kappa shape index (κ2) is 14.6. The van der Waals surface area contributed by atoms with Gasteiger partial charge in [-0.1, -0.05) is 31.5 Å². The first-order chi connectivity index (χ1) is 23.4. The maximum Gasteiger partial charge on any atom is 0.306 e. The molecule has 48 heavy (non-hydrogen) atoms. The van der Waals surface area contributed by atoms with Crippen LogP contribution >= 0.6 is 0 Å². The van der Waals surface area contributed by atoms with Crippen LogP contribution in [-0.2, 0) is 31.2 Å². The van der Waals surface area contributed by atoms with Crippen molar-refractivity contribution in [3.63, 3.8) is 0 Å². The van der Waals surface area contributed by atoms with Gasteiger partial charge in [0.2, 0.25) is 0 Å². The molecule has 5 atom stereocenters. The molecule has 1 saturated carbocycles. The molecule has 0 unspecified atom stereocenters. The second-order valence-corrected chi connectivity index (χ2v) is 14.9. The summed E-state index contributed by atoms with van der Waals surface area (Å²) in [5.41, 5.74) is 4.10. The average Bonchev–Trinajstić information content (AvgIpc) is 3.61. The molecule has 10 heteroatoms. The normalized spacial score (nSPS) is 26.9. The fourth-order valence-electron chi connectivity index (χ4n) is 9.32. The highest BCUT2D eigenvalue weighted by atomic mass is 19.1. The summed E-state index contributed by atoms with van der Waals surface area (Å²) < 4.78 is 16.9. The van der Waals surface area contributed by atoms with Crippen LogP contribution in [0, 0.1) is 17.7 Å². The number of aryl methyl sites for hydroxylation is 2. The highest BCUT2D eigenvalue weighted by Gasteiger charge is 2.38. The van der Waals surface area contributed by atoms with Crippen LogP contribution in [0.3, 0.4) is 0 Å². The summed E-state index contributed by atoms with van der Waals surface area (Å²) in [4.78, 5) is 24.6. The molecule has 2 aliphatic carbocycles. The van der Waals surface area contributed by atoms with Gasteiger partial charge in [0.1, 0.15) is 17.5 Å². The zero-order valence-electron chi connectivity index (χ0n) is 28.6. The van der Waals surface area contributed by atoms with Gasteiger partial charge in [-0.3, -0.25) is 14.4 Å². The van der Waals surface area contributed by atoms with Crippen LogP contribution in [0.25, 0.3) is 0 Å². The molecule has 9 nitrogen and oxygen atoms in total. The van der Waals surface area contributed by atoms with E-state index in [1.807, 2.05) is 30.1 Å². The van der Waals surface area contributed by atoms with E-state index in [-0.39, 0.29) is 23.7 Å². The minimum absolute atomic E-state index is 0.0151. The van der Waals surface area contributed by atoms with E-state index in [0.29, 0.717) is 37.0 Å². The van der Waals surface area contributed by atoms with Gasteiger partial charge in [-0.2, -0.15) is 5.10 Å². The fourth-order valence-corrected chi connectivity index (χ4v) is 9.32. The zero-order chi connectivity index (χ0) is 33.2. The van der Waals surface area contributed by atoms with Crippen LogP contribution in [0.1, 0.15) is 118 Å². The lowest BCUT2D eigenvalue weighted by Crippen LogP contribution is -2.43. The summed E-state index contributed by atoms with van der Waals surface area (Å²) in [6.07, 6.45) is 17.2. The molecule has 7 rings (SSSR count). The number of anilines is 1. The Kier molecular flexibility index (Phi) is 10.1. The Morgan fingerprint density at radius 1 is 1.04 bits per heavy atom. The molecule has 0 radical (unpaired) electrons. The van der Waals surface area contributed by atoms with Crippen molar-refractivity contribution in [3.8, 4) is 0 Å². The van der Waals surface area contributed by atoms with Gasteiger partial charge in [-0.15, -0.1) is 0 Å². The second-order valence-electron chi connectivity index (χ2n) is 14.9. The first-order valence-electron chi connectivity index (χ1n) is 18.5. The van der Waals surface area contributed by atoms with Gasteiger partial charge in [0, 0.05) is 54.7 Å². The highest BCUT2D eigenvalue weighted by Crippen LogP contribution is 2.40. The van der Waals surface area contributed by atoms with Crippen LogP contribution in [0.15, 0.2) is 36.7 Å². The van der Waals surface area contributed by atoms with E-state index in [4.69, 9.17) is 9.97 Å². The summed E-state index contributed by atoms with van der Waals surface area (Å²) in [5.74, 6) is 1.17. The lowest BCUT2D eigenvalue weighted by Gasteiger charge is -2.37. The van der Waals surface area contributed by atoms with E-state index in [1.54, 1.807) is 12.1 Å². The van der Waals surface area contributed by atoms with Crippen molar-refractivity contribution in [1.82, 2.24) is 30.0 Å². The number of aliphatic carboxylic acids is 1. The van der Waals surface area contributed by atoms with E-state index in [2.05, 4.69) is 33.8 Å². The van der Waals surface area contributed by atoms with Crippen LogP contribution in [0.2, 0.25) is 0 Å². The summed E-state index contributed by atoms with van der Waals surface area (Å²) in [5, 5.41) is 21.7. The number of aromatic nitrogens is 4. The fraction of sp³-hybridized carbons (Fsp3) is 0.632. The molecule has 4 heterocycles. The maximum absolute atomic E-state index is 15.0. The number of rotatable bonds is 12. The molecule has 0 spiro atoms. The standard InChI is InChI=1S/C38H52FN7O2/c1-3-33(24-11-13-25(14-12-24)38(47)48)40-21-36-42-34-18-15-26(30-9-4-5-10-32(30)39)19-31(34)37(44-36)43-35(27-20-41-45(2)22-27)23-46-28-7-6-8-29(46)17-16-28/h4-5,9-10,20,22,24-26,28-29,33,35,40H,3,6-8,11-19,21,23H2,1-2H3,(H,47,48)(H,42,43,44)/t24?,25?,26-,28-,29-,33-,35+/m1/s1. The summed E-state index contributed by atoms with van der Waals surface area (Å²) in [6, 6.07) is 8.78. The molecule has 3 fully saturated rings. The highest BCUT2D eigenvalue weighted by molar-refractivity contribution is 5.70. The molecule has 2 aliphatic heterocycles. The number of piperidine rings is 1. The maximum atomic E-state index is 15.0. The van der Waals surface area contributed by atoms with Crippen molar-refractivity contribution < 1.29 is 14.3 Å². The topological polar surface area (TPSA) is 108 Å². The minimum atomic E-state index is -0.660. The molecular formula is C38H52FN7O2. The van der Waals surface area contributed by atoms with Crippen LogP contribution < -0.4 is 10.6 Å². The predicted octanol–water partition coefficient (Wildman–Crippen LogP) is 6.55. The number of fused-ring (bicyclic) bond motifs is 3. The first-order valence-corrected chi connectivity index (χ1v) is 18.5. The largest absolute Gasteiger partial charge is 0.481 e. The van der Waals surface area contributed by atoms with Crippen molar-refractivity contribution >= 4 is 11.8 Å². The third kappa shape index (κ3) is 7.15. The molecule has 2 aromatic heterocycles. The number of benzene rings is 1. The van der Waals surface area contributed by atoms with E-state index in [1.165, 1.54) is 32.1 Å². The quantitative estimate of drug-likeness (QED) is 0.201. The Morgan fingerprint density at radius 3 is 2.50 bits per heavy atom. The summed E-state index contributed by atoms with van der Waals surface area (Å²) in [6.45, 7) is 3.67. The predicted molar refractivity (Wildman–Crippen MR) is 184 cm³/mol. The zero-order valence-corrected chi connectivity index (χ0v) is 28.6. The van der Waals surface area contributed by atoms with Crippen molar-refractivity contribution in [3.05, 3.63) is 70.7 Å². The molecule has 3 N–H and O–H groups in total. The lowest BCUT2D eigenvalue weighted by molar-refractivity contribution is -0.143. The van der Waals surface area contributed by atoms with Gasteiger partial charge >= 0.3 is 5.97 Å². The van der Waals surface area contributed by atoms with Crippen LogP contribution in [0.4, 0.5) is 10.2 Å². The Labute approximate surface area is 284 Å². The smallest absolute Gasteiger partial charge is 0.306 e. The molecule has 258 valence electrons. The average molecular weight is 658 g/mol. The molecule has 3 aromatic rings. The Balaban J connectivity index is 1.16. The number of hydrogen-bond donors (Lipinski definition) is 3. The first kappa shape index (κ1) is 33.1. The number of carboxylic acid groups (broad SMARTS) is 1. The lowest BCUT2D eigenvalue weighted by atomic mass is 9.78. The van der Waals surface area contributed by atoms with Gasteiger partial charge in [0.05, 0.1) is 24.7 Å². The van der Waals surface area contributed by atoms with Gasteiger partial charge < -0.3 is 15.7 Å². The van der Waals surface area contributed by atoms with E-state index in [0.717, 1.165) is 85.5 Å². The molecule has 2 bridgehead atoms. The van der Waals surface area contributed by atoms with Gasteiger partial charge in [-0.25, -0.2) is 14.4 Å². The van der Waals surface area contributed by atoms with Gasteiger partial charge in [0.25, 0.3) is 0 Å². The Morgan fingerprint density at radius 2 is 1.81 bits per heavy atom. The monoisotopic (exact) mass is 657 g/mol. The number of halogens is 1. The number of nitrogens with zero attached hydrogens (tertiary/aromatic N) is 5. The van der Waals surface area contributed by atoms with E-state index >= 15 is 4.39 Å². The van der Waals surface area contributed by atoms with Crippen LogP contribution in [0.5, 0.6) is 0 Å². The minimum Gasteiger partial charge on any atom is -0.481 e. The Bertz CT molecular complexity index is 1550. The number of carbonyl (C=O) groups is 1. The number of carboxylic acids is 1. The molecule has 4 aliphatic rings. The van der Waals surface area contributed by atoms with Crippen molar-refractivity contribution in [2.45, 2.75) is 127 Å². The van der Waals surface area contributed by atoms with Crippen molar-refractivity contribution in [2.24, 2.45) is 18.9 Å². The number of nitrogens with one attached hydrogen (secondary N) is 2. The third-order valence-corrected chi connectivity index (χ3v) is 12.0. The van der Waals surface area contributed by atoms with Crippen molar-refractivity contribution in [2.75, 3.05) is 11.9 Å².